The van der Waals surface area contributed by atoms with Gasteiger partial charge in [-0.1, -0.05) is 30.3 Å². The van der Waals surface area contributed by atoms with E-state index in [1.807, 2.05) is 30.3 Å². The number of alkyl halides is 1. The molecule has 0 radical (unpaired) electrons. The van der Waals surface area contributed by atoms with Crippen molar-refractivity contribution in [3.05, 3.63) is 35.9 Å². The average molecular weight is 270 g/mol. The summed E-state index contributed by atoms with van der Waals surface area (Å²) in [6.45, 7) is 2.97. The van der Waals surface area contributed by atoms with Crippen molar-refractivity contribution < 1.29 is 14.7 Å². The van der Waals surface area contributed by atoms with E-state index in [-0.39, 0.29) is 6.42 Å². The molecule has 98 valence electrons. The SMILES string of the molecule is CC(Cl)C(=O)NC(C)(Cc1ccccc1)C(=O)O. The Bertz CT molecular complexity index is 433. The highest BCUT2D eigenvalue weighted by molar-refractivity contribution is 6.30. The molecule has 0 saturated heterocycles. The van der Waals surface area contributed by atoms with Crippen molar-refractivity contribution in [1.82, 2.24) is 5.32 Å². The fraction of sp³-hybridized carbons (Fsp3) is 0.385. The zero-order valence-electron chi connectivity index (χ0n) is 10.3. The number of carbonyl (C=O) groups excluding carboxylic acids is 1. The summed E-state index contributed by atoms with van der Waals surface area (Å²) in [5, 5.41) is 11.0. The molecule has 1 amide bonds. The minimum atomic E-state index is -1.36. The van der Waals surface area contributed by atoms with E-state index in [0.717, 1.165) is 5.56 Å². The van der Waals surface area contributed by atoms with Crippen molar-refractivity contribution in [1.29, 1.82) is 0 Å². The van der Waals surface area contributed by atoms with Crippen molar-refractivity contribution in [3.8, 4) is 0 Å². The second-order valence-electron chi connectivity index (χ2n) is 4.40. The van der Waals surface area contributed by atoms with Crippen molar-refractivity contribution in [3.63, 3.8) is 0 Å². The van der Waals surface area contributed by atoms with Crippen LogP contribution in [0.25, 0.3) is 0 Å². The number of hydrogen-bond donors (Lipinski definition) is 2. The lowest BCUT2D eigenvalue weighted by Crippen LogP contribution is -2.55. The highest BCUT2D eigenvalue weighted by Crippen LogP contribution is 2.14. The van der Waals surface area contributed by atoms with Gasteiger partial charge >= 0.3 is 5.97 Å². The second kappa shape index (κ2) is 5.87. The first-order chi connectivity index (χ1) is 8.35. The lowest BCUT2D eigenvalue weighted by Gasteiger charge is -2.27. The summed E-state index contributed by atoms with van der Waals surface area (Å²) in [5.41, 5.74) is -0.522. The van der Waals surface area contributed by atoms with Crippen LogP contribution in [0.4, 0.5) is 0 Å². The summed E-state index contributed by atoms with van der Waals surface area (Å²) in [6, 6.07) is 9.13. The van der Waals surface area contributed by atoms with Crippen LogP contribution in [0, 0.1) is 0 Å². The third-order valence-corrected chi connectivity index (χ3v) is 2.83. The lowest BCUT2D eigenvalue weighted by molar-refractivity contribution is -0.146. The summed E-state index contributed by atoms with van der Waals surface area (Å²) >= 11 is 5.64. The van der Waals surface area contributed by atoms with Crippen LogP contribution < -0.4 is 5.32 Å². The van der Waals surface area contributed by atoms with E-state index in [0.29, 0.717) is 0 Å². The molecule has 0 aliphatic carbocycles. The Hall–Kier alpha value is -1.55. The monoisotopic (exact) mass is 269 g/mol. The molecular formula is C13H16ClNO3. The summed E-state index contributed by atoms with van der Waals surface area (Å²) in [5.74, 6) is -1.57. The highest BCUT2D eigenvalue weighted by Gasteiger charge is 2.35. The Labute approximate surface area is 111 Å². The molecule has 0 heterocycles. The Balaban J connectivity index is 2.88. The van der Waals surface area contributed by atoms with Crippen LogP contribution in [0.1, 0.15) is 19.4 Å². The Kier molecular flexibility index (Phi) is 4.73. The van der Waals surface area contributed by atoms with E-state index in [4.69, 9.17) is 11.6 Å². The van der Waals surface area contributed by atoms with Crippen molar-refractivity contribution in [2.45, 2.75) is 31.2 Å². The molecule has 1 aromatic rings. The minimum absolute atomic E-state index is 0.207. The van der Waals surface area contributed by atoms with Crippen molar-refractivity contribution in [2.24, 2.45) is 0 Å². The van der Waals surface area contributed by atoms with Gasteiger partial charge in [0.15, 0.2) is 0 Å². The summed E-state index contributed by atoms with van der Waals surface area (Å²) in [6.07, 6.45) is 0.207. The number of hydrogen-bond acceptors (Lipinski definition) is 2. The molecule has 2 atom stereocenters. The van der Waals surface area contributed by atoms with E-state index in [1.54, 1.807) is 0 Å². The minimum Gasteiger partial charge on any atom is -0.480 e. The van der Waals surface area contributed by atoms with Gasteiger partial charge in [0.1, 0.15) is 10.9 Å². The predicted molar refractivity (Wildman–Crippen MR) is 69.6 cm³/mol. The number of rotatable bonds is 5. The molecular weight excluding hydrogens is 254 g/mol. The number of carboxylic acids is 1. The van der Waals surface area contributed by atoms with Gasteiger partial charge in [-0.2, -0.15) is 0 Å². The fourth-order valence-corrected chi connectivity index (χ4v) is 1.60. The number of carbonyl (C=O) groups is 2. The van der Waals surface area contributed by atoms with Gasteiger partial charge in [0, 0.05) is 6.42 Å². The Morgan fingerprint density at radius 1 is 1.39 bits per heavy atom. The first kappa shape index (κ1) is 14.5. The Morgan fingerprint density at radius 2 is 1.94 bits per heavy atom. The van der Waals surface area contributed by atoms with Gasteiger partial charge in [-0.3, -0.25) is 4.79 Å². The quantitative estimate of drug-likeness (QED) is 0.802. The molecule has 18 heavy (non-hydrogen) atoms. The number of benzene rings is 1. The number of nitrogens with one attached hydrogen (secondary N) is 1. The van der Waals surface area contributed by atoms with Crippen LogP contribution in [-0.2, 0) is 16.0 Å². The summed E-state index contributed by atoms with van der Waals surface area (Å²) in [7, 11) is 0. The normalized spacial score (nSPS) is 15.5. The van der Waals surface area contributed by atoms with Gasteiger partial charge in [-0.15, -0.1) is 11.6 Å². The Morgan fingerprint density at radius 3 is 2.39 bits per heavy atom. The standard InChI is InChI=1S/C13H16ClNO3/c1-9(14)11(16)15-13(2,12(17)18)8-10-6-4-3-5-7-10/h3-7,9H,8H2,1-2H3,(H,15,16)(H,17,18). The smallest absolute Gasteiger partial charge is 0.329 e. The lowest BCUT2D eigenvalue weighted by atomic mass is 9.92. The molecule has 2 N–H and O–H groups in total. The van der Waals surface area contributed by atoms with Crippen LogP contribution in [0.2, 0.25) is 0 Å². The largest absolute Gasteiger partial charge is 0.480 e. The van der Waals surface area contributed by atoms with Crippen LogP contribution in [0.5, 0.6) is 0 Å². The van der Waals surface area contributed by atoms with E-state index in [9.17, 15) is 14.7 Å². The summed E-state index contributed by atoms with van der Waals surface area (Å²) in [4.78, 5) is 22.9. The van der Waals surface area contributed by atoms with Crippen LogP contribution in [-0.4, -0.2) is 27.9 Å². The topological polar surface area (TPSA) is 66.4 Å². The number of halogens is 1. The fourth-order valence-electron chi connectivity index (χ4n) is 1.55. The molecule has 0 aromatic heterocycles. The van der Waals surface area contributed by atoms with Gasteiger partial charge in [0.05, 0.1) is 0 Å². The predicted octanol–water partition coefficient (Wildman–Crippen LogP) is 1.82. The molecule has 1 aromatic carbocycles. The zero-order chi connectivity index (χ0) is 13.8. The van der Waals surface area contributed by atoms with Gasteiger partial charge in [-0.25, -0.2) is 4.79 Å². The third-order valence-electron chi connectivity index (χ3n) is 2.63. The van der Waals surface area contributed by atoms with Gasteiger partial charge < -0.3 is 10.4 Å². The number of aliphatic carboxylic acids is 1. The first-order valence-corrected chi connectivity index (χ1v) is 6.02. The van der Waals surface area contributed by atoms with E-state index in [2.05, 4.69) is 5.32 Å². The van der Waals surface area contributed by atoms with Gasteiger partial charge in [-0.05, 0) is 19.4 Å². The molecule has 0 saturated carbocycles. The average Bonchev–Trinajstić information content (AvgIpc) is 2.29. The van der Waals surface area contributed by atoms with Crippen LogP contribution >= 0.6 is 11.6 Å². The molecule has 0 aliphatic rings. The highest BCUT2D eigenvalue weighted by atomic mass is 35.5. The third kappa shape index (κ3) is 3.74. The van der Waals surface area contributed by atoms with E-state index in [1.165, 1.54) is 13.8 Å². The molecule has 2 unspecified atom stereocenters. The van der Waals surface area contributed by atoms with Crippen LogP contribution in [0.3, 0.4) is 0 Å². The van der Waals surface area contributed by atoms with E-state index >= 15 is 0 Å². The molecule has 0 aliphatic heterocycles. The second-order valence-corrected chi connectivity index (χ2v) is 5.06. The first-order valence-electron chi connectivity index (χ1n) is 5.58. The van der Waals surface area contributed by atoms with Crippen molar-refractivity contribution >= 4 is 23.5 Å². The zero-order valence-corrected chi connectivity index (χ0v) is 11.1. The molecule has 1 rings (SSSR count). The molecule has 0 bridgehead atoms. The van der Waals surface area contributed by atoms with E-state index < -0.39 is 22.8 Å². The number of amides is 1. The van der Waals surface area contributed by atoms with Gasteiger partial charge in [0.2, 0.25) is 5.91 Å². The van der Waals surface area contributed by atoms with Crippen molar-refractivity contribution in [2.75, 3.05) is 0 Å². The molecule has 5 heteroatoms. The molecule has 4 nitrogen and oxygen atoms in total. The van der Waals surface area contributed by atoms with Gasteiger partial charge in [0.25, 0.3) is 0 Å². The maximum Gasteiger partial charge on any atom is 0.329 e. The molecule has 0 spiro atoms. The maximum atomic E-state index is 11.5. The molecule has 0 fully saturated rings. The number of carboxylic acid groups (broad SMARTS) is 1. The van der Waals surface area contributed by atoms with Crippen LogP contribution in [0.15, 0.2) is 30.3 Å². The maximum absolute atomic E-state index is 11.5. The summed E-state index contributed by atoms with van der Waals surface area (Å²) < 4.78 is 0.